The topological polar surface area (TPSA) is 63.2 Å². The van der Waals surface area contributed by atoms with Crippen LogP contribution in [0.2, 0.25) is 0 Å². The van der Waals surface area contributed by atoms with Gasteiger partial charge in [0.25, 0.3) is 0 Å². The summed E-state index contributed by atoms with van der Waals surface area (Å²) >= 11 is 0. The van der Waals surface area contributed by atoms with Crippen LogP contribution in [0.25, 0.3) is 0 Å². The van der Waals surface area contributed by atoms with Crippen molar-refractivity contribution >= 4 is 5.97 Å². The molecule has 0 bridgehead atoms. The summed E-state index contributed by atoms with van der Waals surface area (Å²) in [4.78, 5) is 12.0. The average molecular weight is 491 g/mol. The van der Waals surface area contributed by atoms with Gasteiger partial charge in [-0.2, -0.15) is 0 Å². The number of ether oxygens (including phenoxy) is 5. The highest BCUT2D eigenvalue weighted by Gasteiger charge is 2.47. The smallest absolute Gasteiger partial charge is 0.303 e. The minimum absolute atomic E-state index is 0.316. The van der Waals surface area contributed by atoms with Gasteiger partial charge in [0, 0.05) is 6.92 Å². The lowest BCUT2D eigenvalue weighted by atomic mass is 9.94. The van der Waals surface area contributed by atoms with E-state index < -0.39 is 30.5 Å². The van der Waals surface area contributed by atoms with E-state index in [-0.39, 0.29) is 5.97 Å². The SMILES string of the molecule is CC(=O)O[C@@H]1[C@@H](OCc2ccccc2)[C@H](OCc2ccccc2)[C@@H](COCc2ccccc2)O[C@H]1C. The number of benzene rings is 3. The lowest BCUT2D eigenvalue weighted by molar-refractivity contribution is -0.262. The van der Waals surface area contributed by atoms with Crippen LogP contribution in [0.1, 0.15) is 30.5 Å². The van der Waals surface area contributed by atoms with Crippen LogP contribution < -0.4 is 0 Å². The fourth-order valence-electron chi connectivity index (χ4n) is 4.38. The average Bonchev–Trinajstić information content (AvgIpc) is 2.90. The van der Waals surface area contributed by atoms with Crippen molar-refractivity contribution in [3.8, 4) is 0 Å². The Morgan fingerprint density at radius 2 is 1.17 bits per heavy atom. The van der Waals surface area contributed by atoms with Gasteiger partial charge in [-0.15, -0.1) is 0 Å². The Bertz CT molecular complexity index is 1040. The zero-order valence-corrected chi connectivity index (χ0v) is 20.8. The van der Waals surface area contributed by atoms with Crippen LogP contribution in [0, 0.1) is 0 Å². The Balaban J connectivity index is 1.53. The largest absolute Gasteiger partial charge is 0.457 e. The molecule has 0 aliphatic carbocycles. The molecule has 0 spiro atoms. The summed E-state index contributed by atoms with van der Waals surface area (Å²) in [6.07, 6.45) is -2.45. The Morgan fingerprint density at radius 1 is 0.694 bits per heavy atom. The molecule has 0 saturated carbocycles. The van der Waals surface area contributed by atoms with Gasteiger partial charge in [0.15, 0.2) is 6.10 Å². The van der Waals surface area contributed by atoms with Crippen molar-refractivity contribution < 1.29 is 28.5 Å². The summed E-state index contributed by atoms with van der Waals surface area (Å²) in [6, 6.07) is 29.9. The molecule has 0 amide bonds. The highest BCUT2D eigenvalue weighted by atomic mass is 16.6. The molecule has 1 aliphatic heterocycles. The lowest BCUT2D eigenvalue weighted by Crippen LogP contribution is -2.60. The van der Waals surface area contributed by atoms with Gasteiger partial charge >= 0.3 is 5.97 Å². The maximum atomic E-state index is 12.0. The van der Waals surface area contributed by atoms with E-state index in [1.165, 1.54) is 6.92 Å². The van der Waals surface area contributed by atoms with Crippen LogP contribution in [0.4, 0.5) is 0 Å². The van der Waals surface area contributed by atoms with E-state index in [1.807, 2.05) is 97.9 Å². The van der Waals surface area contributed by atoms with Crippen LogP contribution in [0.15, 0.2) is 91.0 Å². The van der Waals surface area contributed by atoms with Crippen molar-refractivity contribution in [2.24, 2.45) is 0 Å². The minimum atomic E-state index is -0.614. The van der Waals surface area contributed by atoms with E-state index in [4.69, 9.17) is 23.7 Å². The summed E-state index contributed by atoms with van der Waals surface area (Å²) in [5, 5.41) is 0. The summed E-state index contributed by atoms with van der Waals surface area (Å²) in [7, 11) is 0. The standard InChI is InChI=1S/C30H34O6/c1-22-28(36-23(2)31)30(34-20-26-16-10-5-11-17-26)29(33-19-25-14-8-4-9-15-25)27(35-22)21-32-18-24-12-6-3-7-13-24/h3-17,22,27-30H,18-21H2,1-2H3/t22-,27+,28-,29+,30+/m0/s1. The summed E-state index contributed by atoms with van der Waals surface area (Å²) in [5.41, 5.74) is 3.14. The zero-order chi connectivity index (χ0) is 25.2. The predicted octanol–water partition coefficient (Wildman–Crippen LogP) is 5.09. The first-order valence-corrected chi connectivity index (χ1v) is 12.4. The van der Waals surface area contributed by atoms with Crippen molar-refractivity contribution in [3.05, 3.63) is 108 Å². The molecule has 0 N–H and O–H groups in total. The molecule has 5 atom stereocenters. The first-order valence-electron chi connectivity index (χ1n) is 12.4. The second kappa shape index (κ2) is 13.3. The molecule has 0 unspecified atom stereocenters. The first kappa shape index (κ1) is 26.0. The zero-order valence-electron chi connectivity index (χ0n) is 20.8. The number of carbonyl (C=O) groups excluding carboxylic acids is 1. The van der Waals surface area contributed by atoms with Crippen molar-refractivity contribution in [2.45, 2.75) is 64.2 Å². The molecule has 3 aromatic carbocycles. The van der Waals surface area contributed by atoms with Gasteiger partial charge < -0.3 is 23.7 Å². The summed E-state index contributed by atoms with van der Waals surface area (Å²) < 4.78 is 30.9. The van der Waals surface area contributed by atoms with Crippen LogP contribution in [0.5, 0.6) is 0 Å². The van der Waals surface area contributed by atoms with E-state index in [0.717, 1.165) is 16.7 Å². The Hall–Kier alpha value is -3.03. The van der Waals surface area contributed by atoms with Gasteiger partial charge in [0.2, 0.25) is 0 Å². The van der Waals surface area contributed by atoms with Crippen molar-refractivity contribution in [1.29, 1.82) is 0 Å². The van der Waals surface area contributed by atoms with Gasteiger partial charge in [-0.1, -0.05) is 91.0 Å². The molecular weight excluding hydrogens is 456 g/mol. The molecule has 1 saturated heterocycles. The molecule has 190 valence electrons. The van der Waals surface area contributed by atoms with E-state index in [2.05, 4.69) is 0 Å². The molecule has 3 aromatic rings. The van der Waals surface area contributed by atoms with Crippen molar-refractivity contribution in [3.63, 3.8) is 0 Å². The maximum absolute atomic E-state index is 12.0. The first-order chi connectivity index (χ1) is 17.6. The minimum Gasteiger partial charge on any atom is -0.457 e. The fraction of sp³-hybridized carbons (Fsp3) is 0.367. The van der Waals surface area contributed by atoms with E-state index in [9.17, 15) is 4.79 Å². The second-order valence-electron chi connectivity index (χ2n) is 8.98. The molecule has 36 heavy (non-hydrogen) atoms. The Kier molecular flexibility index (Phi) is 9.64. The number of rotatable bonds is 11. The highest BCUT2D eigenvalue weighted by Crippen LogP contribution is 2.30. The van der Waals surface area contributed by atoms with Crippen molar-refractivity contribution in [1.82, 2.24) is 0 Å². The predicted molar refractivity (Wildman–Crippen MR) is 136 cm³/mol. The van der Waals surface area contributed by atoms with E-state index in [0.29, 0.717) is 26.4 Å². The van der Waals surface area contributed by atoms with E-state index in [1.54, 1.807) is 0 Å². The monoisotopic (exact) mass is 490 g/mol. The van der Waals surface area contributed by atoms with Crippen LogP contribution in [-0.4, -0.2) is 43.1 Å². The molecule has 1 aliphatic rings. The molecule has 0 aromatic heterocycles. The molecular formula is C30H34O6. The maximum Gasteiger partial charge on any atom is 0.303 e. The van der Waals surface area contributed by atoms with Crippen LogP contribution in [-0.2, 0) is 48.3 Å². The molecule has 6 nitrogen and oxygen atoms in total. The van der Waals surface area contributed by atoms with Gasteiger partial charge in [0.05, 0.1) is 32.5 Å². The summed E-state index contributed by atoms with van der Waals surface area (Å²) in [6.45, 7) is 4.80. The third-order valence-electron chi connectivity index (χ3n) is 6.13. The Morgan fingerprint density at radius 3 is 1.67 bits per heavy atom. The van der Waals surface area contributed by atoms with E-state index >= 15 is 0 Å². The van der Waals surface area contributed by atoms with Crippen LogP contribution >= 0.6 is 0 Å². The van der Waals surface area contributed by atoms with Crippen LogP contribution in [0.3, 0.4) is 0 Å². The Labute approximate surface area is 213 Å². The number of carbonyl (C=O) groups is 1. The third kappa shape index (κ3) is 7.48. The normalized spacial score (nSPS) is 23.8. The molecule has 1 fully saturated rings. The molecule has 6 heteroatoms. The molecule has 4 rings (SSSR count). The van der Waals surface area contributed by atoms with Gasteiger partial charge in [-0.3, -0.25) is 4.79 Å². The third-order valence-corrected chi connectivity index (χ3v) is 6.13. The lowest BCUT2D eigenvalue weighted by Gasteiger charge is -2.44. The fourth-order valence-corrected chi connectivity index (χ4v) is 4.38. The summed E-state index contributed by atoms with van der Waals surface area (Å²) in [5.74, 6) is -0.385. The quantitative estimate of drug-likeness (QED) is 0.349. The number of esters is 1. The number of hydrogen-bond donors (Lipinski definition) is 0. The van der Waals surface area contributed by atoms with Crippen molar-refractivity contribution in [2.75, 3.05) is 6.61 Å². The van der Waals surface area contributed by atoms with Gasteiger partial charge in [-0.25, -0.2) is 0 Å². The van der Waals surface area contributed by atoms with Gasteiger partial charge in [0.1, 0.15) is 18.3 Å². The molecule has 0 radical (unpaired) electrons. The number of hydrogen-bond acceptors (Lipinski definition) is 6. The second-order valence-corrected chi connectivity index (χ2v) is 8.98. The molecule has 1 heterocycles. The van der Waals surface area contributed by atoms with Gasteiger partial charge in [-0.05, 0) is 23.6 Å². The highest BCUT2D eigenvalue weighted by molar-refractivity contribution is 5.66.